The van der Waals surface area contributed by atoms with Crippen LogP contribution >= 0.6 is 11.8 Å². The molecule has 0 saturated carbocycles. The fourth-order valence-electron chi connectivity index (χ4n) is 1.56. The van der Waals surface area contributed by atoms with Crippen molar-refractivity contribution in [2.45, 2.75) is 13.2 Å². The predicted molar refractivity (Wildman–Crippen MR) is 69.9 cm³/mol. The van der Waals surface area contributed by atoms with Gasteiger partial charge in [-0.2, -0.15) is 0 Å². The van der Waals surface area contributed by atoms with Gasteiger partial charge in [0.2, 0.25) is 0 Å². The second-order valence-corrected chi connectivity index (χ2v) is 4.00. The second-order valence-electron chi connectivity index (χ2n) is 3.73. The van der Waals surface area contributed by atoms with E-state index in [1.165, 1.54) is 0 Å². The van der Waals surface area contributed by atoms with E-state index < -0.39 is 0 Å². The van der Waals surface area contributed by atoms with Crippen LogP contribution in [0.4, 0.5) is 0 Å². The molecule has 2 aromatic carbocycles. The van der Waals surface area contributed by atoms with Crippen LogP contribution in [0.15, 0.2) is 54.6 Å². The molecule has 17 heavy (non-hydrogen) atoms. The first-order chi connectivity index (χ1) is 8.38. The van der Waals surface area contributed by atoms with Gasteiger partial charge >= 0.3 is 0 Å². The highest BCUT2D eigenvalue weighted by Crippen LogP contribution is 2.15. The molecule has 0 heterocycles. The molecule has 1 N–H and O–H groups in total. The Morgan fingerprint density at radius 3 is 2.47 bits per heavy atom. The first-order valence-corrected chi connectivity index (χ1v) is 5.85. The molecule has 0 amide bonds. The molecule has 0 atom stereocenters. The monoisotopic (exact) mass is 247 g/mol. The minimum Gasteiger partial charge on any atom is -0.489 e. The van der Waals surface area contributed by atoms with E-state index in [1.54, 1.807) is 0 Å². The fraction of sp³-hybridized carbons (Fsp3) is 0.143. The molecule has 0 spiro atoms. The van der Waals surface area contributed by atoms with Crippen LogP contribution in [0.3, 0.4) is 0 Å². The summed E-state index contributed by atoms with van der Waals surface area (Å²) in [6.45, 7) is 1.21. The van der Waals surface area contributed by atoms with Gasteiger partial charge in [0, 0.05) is 6.54 Å². The lowest BCUT2D eigenvalue weighted by molar-refractivity contribution is 0.306. The molecular formula is C14H14ClNO. The summed E-state index contributed by atoms with van der Waals surface area (Å²) in [6.07, 6.45) is 0. The lowest BCUT2D eigenvalue weighted by atomic mass is 10.2. The molecular weight excluding hydrogens is 234 g/mol. The number of hydrogen-bond donors (Lipinski definition) is 1. The van der Waals surface area contributed by atoms with Crippen molar-refractivity contribution in [3.63, 3.8) is 0 Å². The van der Waals surface area contributed by atoms with Gasteiger partial charge in [-0.1, -0.05) is 42.5 Å². The molecule has 0 bridgehead atoms. The predicted octanol–water partition coefficient (Wildman–Crippen LogP) is 3.51. The van der Waals surface area contributed by atoms with Crippen molar-refractivity contribution < 1.29 is 4.74 Å². The minimum absolute atomic E-state index is 0.582. The smallest absolute Gasteiger partial charge is 0.120 e. The Bertz CT molecular complexity index is 459. The van der Waals surface area contributed by atoms with Crippen molar-refractivity contribution in [1.29, 1.82) is 0 Å². The molecule has 0 aromatic heterocycles. The quantitative estimate of drug-likeness (QED) is 0.817. The molecule has 0 fully saturated rings. The van der Waals surface area contributed by atoms with Crippen molar-refractivity contribution in [3.05, 3.63) is 65.7 Å². The molecule has 3 heteroatoms. The first-order valence-electron chi connectivity index (χ1n) is 5.47. The maximum atomic E-state index is 5.71. The fourth-order valence-corrected chi connectivity index (χ4v) is 1.72. The number of hydrogen-bond acceptors (Lipinski definition) is 2. The Balaban J connectivity index is 1.97. The van der Waals surface area contributed by atoms with Gasteiger partial charge in [0.1, 0.15) is 12.4 Å². The van der Waals surface area contributed by atoms with Gasteiger partial charge in [-0.15, -0.1) is 0 Å². The van der Waals surface area contributed by atoms with Crippen molar-refractivity contribution in [2.24, 2.45) is 0 Å². The third-order valence-electron chi connectivity index (χ3n) is 2.42. The summed E-state index contributed by atoms with van der Waals surface area (Å²) in [5.74, 6) is 0.860. The normalized spacial score (nSPS) is 10.2. The molecule has 2 aromatic rings. The van der Waals surface area contributed by atoms with Gasteiger partial charge < -0.3 is 4.74 Å². The van der Waals surface area contributed by atoms with E-state index in [0.717, 1.165) is 16.9 Å². The summed E-state index contributed by atoms with van der Waals surface area (Å²) in [5, 5.41) is 0. The lowest BCUT2D eigenvalue weighted by Crippen LogP contribution is -1.99. The van der Waals surface area contributed by atoms with Gasteiger partial charge in [0.05, 0.1) is 0 Å². The number of rotatable bonds is 5. The molecule has 0 aliphatic rings. The number of halogens is 1. The molecule has 0 aliphatic carbocycles. The standard InChI is InChI=1S/C14H14ClNO/c15-16-10-13-7-4-8-14(9-13)17-11-12-5-2-1-3-6-12/h1-9,16H,10-11H2. The highest BCUT2D eigenvalue weighted by molar-refractivity contribution is 6.13. The largest absolute Gasteiger partial charge is 0.489 e. The van der Waals surface area contributed by atoms with Crippen LogP contribution in [0.25, 0.3) is 0 Å². The topological polar surface area (TPSA) is 21.3 Å². The Morgan fingerprint density at radius 2 is 1.71 bits per heavy atom. The zero-order valence-corrected chi connectivity index (χ0v) is 10.2. The van der Waals surface area contributed by atoms with Crippen LogP contribution in [0.5, 0.6) is 5.75 Å². The number of ether oxygens (including phenoxy) is 1. The van der Waals surface area contributed by atoms with Gasteiger partial charge in [-0.25, -0.2) is 4.84 Å². The molecule has 0 aliphatic heterocycles. The van der Waals surface area contributed by atoms with E-state index in [0.29, 0.717) is 13.2 Å². The Morgan fingerprint density at radius 1 is 0.941 bits per heavy atom. The maximum absolute atomic E-state index is 5.71. The van der Waals surface area contributed by atoms with Crippen LogP contribution < -0.4 is 9.57 Å². The Labute approximate surface area is 106 Å². The summed E-state index contributed by atoms with van der Waals surface area (Å²) < 4.78 is 5.71. The third kappa shape index (κ3) is 3.77. The van der Waals surface area contributed by atoms with Crippen LogP contribution in [-0.2, 0) is 13.2 Å². The van der Waals surface area contributed by atoms with Crippen molar-refractivity contribution >= 4 is 11.8 Å². The van der Waals surface area contributed by atoms with Crippen molar-refractivity contribution in [3.8, 4) is 5.75 Å². The highest BCUT2D eigenvalue weighted by Gasteiger charge is 1.97. The van der Waals surface area contributed by atoms with Gasteiger partial charge in [-0.05, 0) is 35.0 Å². The highest BCUT2D eigenvalue weighted by atomic mass is 35.5. The summed E-state index contributed by atoms with van der Waals surface area (Å²) in [4.78, 5) is 2.60. The zero-order chi connectivity index (χ0) is 11.9. The average molecular weight is 248 g/mol. The molecule has 88 valence electrons. The Kier molecular flexibility index (Phi) is 4.42. The molecule has 0 saturated heterocycles. The summed E-state index contributed by atoms with van der Waals surface area (Å²) in [7, 11) is 0. The molecule has 0 unspecified atom stereocenters. The molecule has 2 nitrogen and oxygen atoms in total. The zero-order valence-electron chi connectivity index (χ0n) is 9.40. The first kappa shape index (κ1) is 12.0. The van der Waals surface area contributed by atoms with Crippen LogP contribution in [-0.4, -0.2) is 0 Å². The van der Waals surface area contributed by atoms with Crippen molar-refractivity contribution in [2.75, 3.05) is 0 Å². The summed E-state index contributed by atoms with van der Waals surface area (Å²) >= 11 is 5.47. The van der Waals surface area contributed by atoms with Crippen molar-refractivity contribution in [1.82, 2.24) is 4.84 Å². The van der Waals surface area contributed by atoms with Gasteiger partial charge in [0.15, 0.2) is 0 Å². The molecule has 0 radical (unpaired) electrons. The number of benzene rings is 2. The second kappa shape index (κ2) is 6.28. The van der Waals surface area contributed by atoms with E-state index >= 15 is 0 Å². The van der Waals surface area contributed by atoms with E-state index in [2.05, 4.69) is 4.84 Å². The SMILES string of the molecule is ClNCc1cccc(OCc2ccccc2)c1. The maximum Gasteiger partial charge on any atom is 0.120 e. The third-order valence-corrected chi connectivity index (χ3v) is 2.55. The molecule has 2 rings (SSSR count). The van der Waals surface area contributed by atoms with Crippen LogP contribution in [0, 0.1) is 0 Å². The van der Waals surface area contributed by atoms with E-state index in [-0.39, 0.29) is 0 Å². The average Bonchev–Trinajstić information content (AvgIpc) is 2.39. The van der Waals surface area contributed by atoms with E-state index in [4.69, 9.17) is 16.5 Å². The van der Waals surface area contributed by atoms with Gasteiger partial charge in [-0.3, -0.25) is 0 Å². The van der Waals surface area contributed by atoms with Crippen LogP contribution in [0.1, 0.15) is 11.1 Å². The summed E-state index contributed by atoms with van der Waals surface area (Å²) in [6, 6.07) is 18.0. The minimum atomic E-state index is 0.582. The Hall–Kier alpha value is -1.51. The lowest BCUT2D eigenvalue weighted by Gasteiger charge is -2.07. The van der Waals surface area contributed by atoms with E-state index in [9.17, 15) is 0 Å². The van der Waals surface area contributed by atoms with E-state index in [1.807, 2.05) is 54.6 Å². The number of nitrogens with one attached hydrogen (secondary N) is 1. The van der Waals surface area contributed by atoms with Gasteiger partial charge in [0.25, 0.3) is 0 Å². The van der Waals surface area contributed by atoms with Crippen LogP contribution in [0.2, 0.25) is 0 Å². The summed E-state index contributed by atoms with van der Waals surface area (Å²) in [5.41, 5.74) is 2.26.